The molecule has 3 aliphatic rings. The number of aromatic nitrogens is 4. The Morgan fingerprint density at radius 3 is 2.91 bits per heavy atom. The Bertz CT molecular complexity index is 1330. The van der Waals surface area contributed by atoms with Crippen LogP contribution in [0.15, 0.2) is 12.1 Å². The summed E-state index contributed by atoms with van der Waals surface area (Å²) in [6.45, 7) is 5.77. The van der Waals surface area contributed by atoms with Crippen molar-refractivity contribution in [2.24, 2.45) is 23.2 Å². The highest BCUT2D eigenvalue weighted by Gasteiger charge is 2.53. The molecule has 3 atom stereocenters. The maximum atomic E-state index is 13.3. The van der Waals surface area contributed by atoms with Crippen molar-refractivity contribution in [1.29, 1.82) is 5.26 Å². The highest BCUT2D eigenvalue weighted by Crippen LogP contribution is 2.59. The normalized spacial score (nSPS) is 24.8. The lowest BCUT2D eigenvalue weighted by Crippen LogP contribution is -2.37. The van der Waals surface area contributed by atoms with Gasteiger partial charge in [0.25, 0.3) is 0 Å². The molecule has 176 valence electrons. The number of fused-ring (bicyclic) bond motifs is 3. The maximum Gasteiger partial charge on any atom is 0.229 e. The Morgan fingerprint density at radius 1 is 1.35 bits per heavy atom. The summed E-state index contributed by atoms with van der Waals surface area (Å²) in [7, 11) is 1.79. The number of nitrogens with zero attached hydrogens (tertiary/aromatic N) is 4. The van der Waals surface area contributed by atoms with Crippen LogP contribution in [0.2, 0.25) is 0 Å². The largest absolute Gasteiger partial charge is 0.381 e. The molecule has 1 saturated heterocycles. The van der Waals surface area contributed by atoms with Gasteiger partial charge in [0.1, 0.15) is 17.3 Å². The third kappa shape index (κ3) is 3.33. The zero-order chi connectivity index (χ0) is 23.6. The zero-order valence-electron chi connectivity index (χ0n) is 19.9. The van der Waals surface area contributed by atoms with E-state index in [0.717, 1.165) is 42.8 Å². The molecule has 1 saturated carbocycles. The average Bonchev–Trinajstić information content (AvgIpc) is 3.15. The summed E-state index contributed by atoms with van der Waals surface area (Å²) in [5, 5.41) is 17.7. The summed E-state index contributed by atoms with van der Waals surface area (Å²) in [6.07, 6.45) is 5.13. The van der Waals surface area contributed by atoms with Crippen molar-refractivity contribution < 1.29 is 9.53 Å². The number of imidazole rings is 1. The molecular weight excluding hydrogens is 428 g/mol. The molecule has 3 heterocycles. The number of nitrogens with one attached hydrogen (secondary N) is 2. The molecule has 1 aromatic carbocycles. The SMILES string of the molecule is CC(C(=O)N(C)c1cc(C#N)c2nc(-c3n[nH]c4c3C[C@@H]3C[C@]3(C)C4)[nH]c2c1)C1CCOCC1. The van der Waals surface area contributed by atoms with Crippen LogP contribution in [0, 0.1) is 34.5 Å². The number of nitriles is 1. The molecule has 2 aromatic heterocycles. The summed E-state index contributed by atoms with van der Waals surface area (Å²) < 4.78 is 5.45. The molecule has 34 heavy (non-hydrogen) atoms. The zero-order valence-corrected chi connectivity index (χ0v) is 19.9. The topological polar surface area (TPSA) is 111 Å². The summed E-state index contributed by atoms with van der Waals surface area (Å²) in [5.41, 5.74) is 6.23. The van der Waals surface area contributed by atoms with Gasteiger partial charge in [0.05, 0.1) is 11.1 Å². The fourth-order valence-corrected chi connectivity index (χ4v) is 6.00. The van der Waals surface area contributed by atoms with E-state index in [1.165, 1.54) is 17.7 Å². The second-order valence-electron chi connectivity index (χ2n) is 10.7. The third-order valence-electron chi connectivity index (χ3n) is 8.52. The van der Waals surface area contributed by atoms with Gasteiger partial charge >= 0.3 is 0 Å². The van der Waals surface area contributed by atoms with E-state index in [1.54, 1.807) is 18.0 Å². The van der Waals surface area contributed by atoms with Gasteiger partial charge in [-0.05, 0) is 61.5 Å². The van der Waals surface area contributed by atoms with Gasteiger partial charge in [0, 0.05) is 43.1 Å². The van der Waals surface area contributed by atoms with Gasteiger partial charge in [0.2, 0.25) is 5.91 Å². The molecule has 6 rings (SSSR count). The first kappa shape index (κ1) is 21.4. The van der Waals surface area contributed by atoms with Gasteiger partial charge in [-0.15, -0.1) is 0 Å². The minimum Gasteiger partial charge on any atom is -0.381 e. The Kier molecular flexibility index (Phi) is 4.82. The minimum atomic E-state index is -0.101. The number of hydrogen-bond acceptors (Lipinski definition) is 5. The average molecular weight is 459 g/mol. The van der Waals surface area contributed by atoms with Crippen molar-refractivity contribution in [3.05, 3.63) is 29.0 Å². The van der Waals surface area contributed by atoms with Crippen LogP contribution in [0.5, 0.6) is 0 Å². The van der Waals surface area contributed by atoms with Crippen LogP contribution in [0.4, 0.5) is 5.69 Å². The first-order valence-corrected chi connectivity index (χ1v) is 12.2. The van der Waals surface area contributed by atoms with Crippen molar-refractivity contribution >= 4 is 22.6 Å². The molecule has 3 aromatic rings. The number of benzene rings is 1. The first-order valence-electron chi connectivity index (χ1n) is 12.2. The van der Waals surface area contributed by atoms with E-state index in [4.69, 9.17) is 9.72 Å². The van der Waals surface area contributed by atoms with E-state index in [1.807, 2.05) is 13.0 Å². The second kappa shape index (κ2) is 7.67. The smallest absolute Gasteiger partial charge is 0.229 e. The van der Waals surface area contributed by atoms with Crippen molar-refractivity contribution in [2.75, 3.05) is 25.2 Å². The van der Waals surface area contributed by atoms with Gasteiger partial charge in [-0.1, -0.05) is 13.8 Å². The van der Waals surface area contributed by atoms with Crippen LogP contribution in [0.3, 0.4) is 0 Å². The van der Waals surface area contributed by atoms with E-state index in [2.05, 4.69) is 28.2 Å². The highest BCUT2D eigenvalue weighted by molar-refractivity contribution is 5.98. The number of H-pyrrole nitrogens is 2. The predicted octanol–water partition coefficient (Wildman–Crippen LogP) is 3.97. The van der Waals surface area contributed by atoms with E-state index in [-0.39, 0.29) is 11.8 Å². The van der Waals surface area contributed by atoms with E-state index < -0.39 is 0 Å². The minimum absolute atomic E-state index is 0.0590. The second-order valence-corrected chi connectivity index (χ2v) is 10.7. The highest BCUT2D eigenvalue weighted by atomic mass is 16.5. The monoisotopic (exact) mass is 458 g/mol. The lowest BCUT2D eigenvalue weighted by molar-refractivity contribution is -0.124. The van der Waals surface area contributed by atoms with Crippen molar-refractivity contribution in [3.63, 3.8) is 0 Å². The molecule has 1 aliphatic heterocycles. The lowest BCUT2D eigenvalue weighted by atomic mass is 9.86. The molecule has 8 nitrogen and oxygen atoms in total. The summed E-state index contributed by atoms with van der Waals surface area (Å²) >= 11 is 0. The van der Waals surface area contributed by atoms with Crippen LogP contribution < -0.4 is 4.90 Å². The fraction of sp³-hybridized carbons (Fsp3) is 0.538. The predicted molar refractivity (Wildman–Crippen MR) is 128 cm³/mol. The molecule has 8 heteroatoms. The summed E-state index contributed by atoms with van der Waals surface area (Å²) in [5.74, 6) is 1.68. The molecule has 0 spiro atoms. The number of ether oxygens (including phenoxy) is 1. The van der Waals surface area contributed by atoms with Crippen molar-refractivity contribution in [2.45, 2.75) is 46.0 Å². The van der Waals surface area contributed by atoms with E-state index in [9.17, 15) is 10.1 Å². The van der Waals surface area contributed by atoms with Gasteiger partial charge in [0.15, 0.2) is 5.82 Å². The number of hydrogen-bond donors (Lipinski definition) is 2. The number of amides is 1. The lowest BCUT2D eigenvalue weighted by Gasteiger charge is -2.30. The van der Waals surface area contributed by atoms with Crippen molar-refractivity contribution in [1.82, 2.24) is 20.2 Å². The summed E-state index contributed by atoms with van der Waals surface area (Å²) in [4.78, 5) is 23.1. The van der Waals surface area contributed by atoms with Crippen LogP contribution in [-0.4, -0.2) is 46.3 Å². The standard InChI is InChI=1S/C26H30N6O2/c1-14(15-4-6-34-7-5-15)25(33)32(3)18-8-16(13-27)22-20(10-18)28-24(29-22)23-19-9-17-11-26(17,2)12-21(19)30-31-23/h8,10,14-15,17H,4-7,9,11-12H2,1-3H3,(H,28,29)(H,30,31)/t14?,17-,26-/m1/s1. The third-order valence-corrected chi connectivity index (χ3v) is 8.52. The van der Waals surface area contributed by atoms with Crippen LogP contribution in [-0.2, 0) is 22.4 Å². The molecule has 2 aliphatic carbocycles. The number of aromatic amines is 2. The fourth-order valence-electron chi connectivity index (χ4n) is 6.00. The Morgan fingerprint density at radius 2 is 2.15 bits per heavy atom. The molecule has 0 bridgehead atoms. The van der Waals surface area contributed by atoms with Gasteiger partial charge in [-0.3, -0.25) is 9.89 Å². The molecule has 1 amide bonds. The molecular formula is C26H30N6O2. The van der Waals surface area contributed by atoms with Gasteiger partial charge in [-0.25, -0.2) is 4.98 Å². The van der Waals surface area contributed by atoms with Crippen LogP contribution >= 0.6 is 0 Å². The van der Waals surface area contributed by atoms with Crippen LogP contribution in [0.1, 0.15) is 49.9 Å². The Hall–Kier alpha value is -3.18. The Labute approximate surface area is 198 Å². The molecule has 0 radical (unpaired) electrons. The first-order chi connectivity index (χ1) is 16.4. The van der Waals surface area contributed by atoms with Gasteiger partial charge in [-0.2, -0.15) is 10.4 Å². The molecule has 2 fully saturated rings. The van der Waals surface area contributed by atoms with Gasteiger partial charge < -0.3 is 14.6 Å². The maximum absolute atomic E-state index is 13.3. The molecule has 1 unspecified atom stereocenters. The van der Waals surface area contributed by atoms with Crippen LogP contribution in [0.25, 0.3) is 22.6 Å². The van der Waals surface area contributed by atoms with E-state index >= 15 is 0 Å². The number of rotatable bonds is 4. The van der Waals surface area contributed by atoms with E-state index in [0.29, 0.717) is 47.1 Å². The number of carbonyl (C=O) groups excluding carboxylic acids is 1. The molecule has 2 N–H and O–H groups in total. The number of anilines is 1. The summed E-state index contributed by atoms with van der Waals surface area (Å²) in [6, 6.07) is 5.95. The Balaban J connectivity index is 1.32. The quantitative estimate of drug-likeness (QED) is 0.614. The van der Waals surface area contributed by atoms with Crippen molar-refractivity contribution in [3.8, 4) is 17.6 Å². The number of carbonyl (C=O) groups is 1.